The minimum atomic E-state index is -3.40. The van der Waals surface area contributed by atoms with E-state index in [1.54, 1.807) is 24.5 Å². The highest BCUT2D eigenvalue weighted by molar-refractivity contribution is 7.86. The molecule has 2 aromatic rings. The van der Waals surface area contributed by atoms with E-state index >= 15 is 0 Å². The van der Waals surface area contributed by atoms with Gasteiger partial charge in [0.1, 0.15) is 5.69 Å². The van der Waals surface area contributed by atoms with E-state index in [9.17, 15) is 13.2 Å². The van der Waals surface area contributed by atoms with Crippen molar-refractivity contribution in [3.05, 3.63) is 40.9 Å². The fraction of sp³-hybridized carbons (Fsp3) is 0.467. The minimum absolute atomic E-state index is 0.210. The maximum Gasteiger partial charge on any atom is 0.281 e. The van der Waals surface area contributed by atoms with E-state index in [0.29, 0.717) is 44.3 Å². The molecule has 10 heteroatoms. The average molecular weight is 367 g/mol. The van der Waals surface area contributed by atoms with E-state index in [4.69, 9.17) is 4.42 Å². The summed E-state index contributed by atoms with van der Waals surface area (Å²) in [5.74, 6) is 0.593. The standard InChI is InChI=1S/C15H21N5O4S/c1-17(2)25(22,23)19-9-7-18(8-10-19)12-20-15(21)6-5-13(16-20)14-4-3-11-24-14/h3-6,11H,7-10,12H2,1-2H3. The molecule has 3 rings (SSSR count). The van der Waals surface area contributed by atoms with Crippen LogP contribution in [-0.4, -0.2) is 72.0 Å². The monoisotopic (exact) mass is 367 g/mol. The van der Waals surface area contributed by atoms with Gasteiger partial charge in [-0.2, -0.15) is 22.1 Å². The van der Waals surface area contributed by atoms with Crippen LogP contribution in [0.1, 0.15) is 0 Å². The van der Waals surface area contributed by atoms with Gasteiger partial charge in [0, 0.05) is 46.3 Å². The Morgan fingerprint density at radius 2 is 1.88 bits per heavy atom. The largest absolute Gasteiger partial charge is 0.463 e. The third-order valence-corrected chi connectivity index (χ3v) is 6.03. The number of hydrogen-bond acceptors (Lipinski definition) is 6. The van der Waals surface area contributed by atoms with Gasteiger partial charge in [-0.25, -0.2) is 4.68 Å². The lowest BCUT2D eigenvalue weighted by Crippen LogP contribution is -2.52. The Morgan fingerprint density at radius 1 is 1.16 bits per heavy atom. The lowest BCUT2D eigenvalue weighted by atomic mass is 10.3. The number of piperazine rings is 1. The molecule has 9 nitrogen and oxygen atoms in total. The zero-order valence-corrected chi connectivity index (χ0v) is 15.0. The third kappa shape index (κ3) is 3.82. The summed E-state index contributed by atoms with van der Waals surface area (Å²) >= 11 is 0. The summed E-state index contributed by atoms with van der Waals surface area (Å²) in [7, 11) is -0.359. The SMILES string of the molecule is CN(C)S(=O)(=O)N1CCN(Cn2nc(-c3ccco3)ccc2=O)CC1. The highest BCUT2D eigenvalue weighted by atomic mass is 32.2. The molecular weight excluding hydrogens is 346 g/mol. The van der Waals surface area contributed by atoms with Gasteiger partial charge in [0.05, 0.1) is 12.9 Å². The molecule has 1 aliphatic rings. The zero-order chi connectivity index (χ0) is 18.0. The first kappa shape index (κ1) is 17.8. The fourth-order valence-electron chi connectivity index (χ4n) is 2.63. The predicted octanol–water partition coefficient (Wildman–Crippen LogP) is -0.115. The van der Waals surface area contributed by atoms with E-state index in [1.165, 1.54) is 33.5 Å². The Morgan fingerprint density at radius 3 is 2.48 bits per heavy atom. The maximum atomic E-state index is 12.1. The second-order valence-corrected chi connectivity index (χ2v) is 8.12. The highest BCUT2D eigenvalue weighted by Crippen LogP contribution is 2.15. The molecule has 0 amide bonds. The minimum Gasteiger partial charge on any atom is -0.463 e. The molecule has 1 saturated heterocycles. The molecule has 3 heterocycles. The van der Waals surface area contributed by atoms with Crippen LogP contribution in [0.4, 0.5) is 0 Å². The molecule has 0 N–H and O–H groups in total. The molecule has 0 aliphatic carbocycles. The van der Waals surface area contributed by atoms with Crippen LogP contribution in [0.15, 0.2) is 39.7 Å². The van der Waals surface area contributed by atoms with Crippen molar-refractivity contribution in [2.45, 2.75) is 6.67 Å². The summed E-state index contributed by atoms with van der Waals surface area (Å²) in [6.07, 6.45) is 1.55. The van der Waals surface area contributed by atoms with Crippen molar-refractivity contribution >= 4 is 10.2 Å². The summed E-state index contributed by atoms with van der Waals surface area (Å²) < 4.78 is 33.6. The van der Waals surface area contributed by atoms with Gasteiger partial charge in [-0.1, -0.05) is 0 Å². The van der Waals surface area contributed by atoms with Crippen LogP contribution >= 0.6 is 0 Å². The number of rotatable bonds is 5. The first-order valence-electron chi connectivity index (χ1n) is 7.90. The summed E-state index contributed by atoms with van der Waals surface area (Å²) in [4.78, 5) is 14.1. The topological polar surface area (TPSA) is 91.9 Å². The van der Waals surface area contributed by atoms with Crippen molar-refractivity contribution in [3.63, 3.8) is 0 Å². The van der Waals surface area contributed by atoms with E-state index in [0.717, 1.165) is 0 Å². The quantitative estimate of drug-likeness (QED) is 0.732. The van der Waals surface area contributed by atoms with Gasteiger partial charge in [-0.3, -0.25) is 9.69 Å². The zero-order valence-electron chi connectivity index (χ0n) is 14.2. The van der Waals surface area contributed by atoms with Crippen LogP contribution < -0.4 is 5.56 Å². The van der Waals surface area contributed by atoms with Gasteiger partial charge in [-0.15, -0.1) is 0 Å². The predicted molar refractivity (Wildman–Crippen MR) is 92.0 cm³/mol. The molecule has 0 aromatic carbocycles. The molecule has 0 saturated carbocycles. The molecule has 1 fully saturated rings. The van der Waals surface area contributed by atoms with E-state index in [-0.39, 0.29) is 5.56 Å². The smallest absolute Gasteiger partial charge is 0.281 e. The molecule has 0 spiro atoms. The summed E-state index contributed by atoms with van der Waals surface area (Å²) in [5, 5.41) is 4.33. The van der Waals surface area contributed by atoms with Crippen LogP contribution in [0.5, 0.6) is 0 Å². The highest BCUT2D eigenvalue weighted by Gasteiger charge is 2.28. The Bertz CT molecular complexity index is 868. The number of hydrogen-bond donors (Lipinski definition) is 0. The molecular formula is C15H21N5O4S. The number of aromatic nitrogens is 2. The van der Waals surface area contributed by atoms with E-state index in [2.05, 4.69) is 5.10 Å². The first-order valence-corrected chi connectivity index (χ1v) is 9.29. The normalized spacial score (nSPS) is 17.2. The second-order valence-electron chi connectivity index (χ2n) is 5.98. The van der Waals surface area contributed by atoms with Gasteiger partial charge >= 0.3 is 0 Å². The van der Waals surface area contributed by atoms with Gasteiger partial charge in [0.2, 0.25) is 0 Å². The average Bonchev–Trinajstić information content (AvgIpc) is 3.12. The summed E-state index contributed by atoms with van der Waals surface area (Å²) in [5.41, 5.74) is 0.372. The van der Waals surface area contributed by atoms with Crippen molar-refractivity contribution in [1.29, 1.82) is 0 Å². The Labute approximate surface area is 146 Å². The first-order chi connectivity index (χ1) is 11.9. The second kappa shape index (κ2) is 7.08. The lowest BCUT2D eigenvalue weighted by Gasteiger charge is -2.34. The van der Waals surface area contributed by atoms with Gasteiger partial charge in [0.15, 0.2) is 5.76 Å². The third-order valence-electron chi connectivity index (χ3n) is 4.09. The molecule has 0 unspecified atom stereocenters. The summed E-state index contributed by atoms with van der Waals surface area (Å²) in [6.45, 7) is 2.14. The molecule has 0 bridgehead atoms. The molecule has 0 radical (unpaired) electrons. The summed E-state index contributed by atoms with van der Waals surface area (Å²) in [6, 6.07) is 6.62. The van der Waals surface area contributed by atoms with Crippen LogP contribution in [-0.2, 0) is 16.9 Å². The van der Waals surface area contributed by atoms with Crippen LogP contribution in [0, 0.1) is 0 Å². The van der Waals surface area contributed by atoms with Crippen molar-refractivity contribution < 1.29 is 12.8 Å². The van der Waals surface area contributed by atoms with Crippen molar-refractivity contribution in [1.82, 2.24) is 23.3 Å². The molecule has 1 aliphatic heterocycles. The van der Waals surface area contributed by atoms with Crippen LogP contribution in [0.3, 0.4) is 0 Å². The lowest BCUT2D eigenvalue weighted by molar-refractivity contribution is 0.140. The van der Waals surface area contributed by atoms with Crippen molar-refractivity contribution in [2.75, 3.05) is 40.3 Å². The number of furan rings is 1. The molecule has 25 heavy (non-hydrogen) atoms. The maximum absolute atomic E-state index is 12.1. The Kier molecular flexibility index (Phi) is 5.04. The van der Waals surface area contributed by atoms with Crippen LogP contribution in [0.2, 0.25) is 0 Å². The molecule has 0 atom stereocenters. The Balaban J connectivity index is 1.68. The van der Waals surface area contributed by atoms with Crippen molar-refractivity contribution in [2.24, 2.45) is 0 Å². The van der Waals surface area contributed by atoms with Gasteiger partial charge < -0.3 is 4.42 Å². The van der Waals surface area contributed by atoms with E-state index in [1.807, 2.05) is 4.90 Å². The van der Waals surface area contributed by atoms with Gasteiger partial charge in [-0.05, 0) is 18.2 Å². The molecule has 136 valence electrons. The number of nitrogens with zero attached hydrogens (tertiary/aromatic N) is 5. The molecule has 2 aromatic heterocycles. The van der Waals surface area contributed by atoms with Gasteiger partial charge in [0.25, 0.3) is 15.8 Å². The van der Waals surface area contributed by atoms with Crippen molar-refractivity contribution in [3.8, 4) is 11.5 Å². The fourth-order valence-corrected chi connectivity index (χ4v) is 3.71. The van der Waals surface area contributed by atoms with Crippen LogP contribution in [0.25, 0.3) is 11.5 Å². The van der Waals surface area contributed by atoms with E-state index < -0.39 is 10.2 Å². The Hall–Kier alpha value is -2.01.